The maximum Gasteiger partial charge on any atom is 0.158 e. The van der Waals surface area contributed by atoms with Gasteiger partial charge in [-0.15, -0.1) is 0 Å². The van der Waals surface area contributed by atoms with Gasteiger partial charge >= 0.3 is 0 Å². The van der Waals surface area contributed by atoms with Crippen LogP contribution in [0.5, 0.6) is 0 Å². The zero-order valence-electron chi connectivity index (χ0n) is 12.8. The van der Waals surface area contributed by atoms with Gasteiger partial charge in [0.2, 0.25) is 0 Å². The van der Waals surface area contributed by atoms with E-state index in [0.29, 0.717) is 23.4 Å². The number of halogens is 1. The summed E-state index contributed by atoms with van der Waals surface area (Å²) in [5.41, 5.74) is 2.39. The Bertz CT molecular complexity index is 606. The van der Waals surface area contributed by atoms with Crippen molar-refractivity contribution in [1.82, 2.24) is 9.97 Å². The number of hydrogen-bond donors (Lipinski definition) is 1. The topological polar surface area (TPSA) is 47.0 Å². The van der Waals surface area contributed by atoms with Crippen molar-refractivity contribution < 1.29 is 4.74 Å². The standard InChI is InChI=1S/C16H20ClN3O/c1-16(2,3)11-5-7-12(8-6-11)18-14-9-13(17)19-15(20-14)10-21-4/h5-9H,10H2,1-4H3,(H,18,19,20). The molecule has 0 aliphatic rings. The summed E-state index contributed by atoms with van der Waals surface area (Å²) in [4.78, 5) is 8.46. The number of benzene rings is 1. The van der Waals surface area contributed by atoms with E-state index in [1.807, 2.05) is 12.1 Å². The van der Waals surface area contributed by atoms with Crippen LogP contribution in [0.4, 0.5) is 11.5 Å². The average Bonchev–Trinajstić information content (AvgIpc) is 2.38. The molecule has 1 aromatic heterocycles. The number of methoxy groups -OCH3 is 1. The molecule has 1 N–H and O–H groups in total. The molecule has 21 heavy (non-hydrogen) atoms. The number of nitrogens with zero attached hydrogens (tertiary/aromatic N) is 2. The summed E-state index contributed by atoms with van der Waals surface area (Å²) in [7, 11) is 1.60. The number of ether oxygens (including phenoxy) is 1. The van der Waals surface area contributed by atoms with Crippen LogP contribution in [0, 0.1) is 0 Å². The van der Waals surface area contributed by atoms with Crippen LogP contribution in [0.3, 0.4) is 0 Å². The monoisotopic (exact) mass is 305 g/mol. The summed E-state index contributed by atoms with van der Waals surface area (Å²) in [6.07, 6.45) is 0. The van der Waals surface area contributed by atoms with Crippen LogP contribution in [0.1, 0.15) is 32.2 Å². The fourth-order valence-electron chi connectivity index (χ4n) is 1.92. The van der Waals surface area contributed by atoms with Crippen molar-refractivity contribution in [2.45, 2.75) is 32.8 Å². The third-order valence-electron chi connectivity index (χ3n) is 3.04. The van der Waals surface area contributed by atoms with Crippen molar-refractivity contribution in [3.05, 3.63) is 46.9 Å². The van der Waals surface area contributed by atoms with E-state index < -0.39 is 0 Å². The van der Waals surface area contributed by atoms with Crippen LogP contribution in [-0.2, 0) is 16.8 Å². The molecular formula is C16H20ClN3O. The van der Waals surface area contributed by atoms with Crippen molar-refractivity contribution >= 4 is 23.1 Å². The number of anilines is 2. The number of aromatic nitrogens is 2. The maximum atomic E-state index is 5.99. The third kappa shape index (κ3) is 4.41. The lowest BCUT2D eigenvalue weighted by atomic mass is 9.87. The Morgan fingerprint density at radius 1 is 1.14 bits per heavy atom. The summed E-state index contributed by atoms with van der Waals surface area (Å²) < 4.78 is 5.03. The molecular weight excluding hydrogens is 286 g/mol. The van der Waals surface area contributed by atoms with Gasteiger partial charge in [0.25, 0.3) is 0 Å². The molecule has 4 nitrogen and oxygen atoms in total. The molecule has 0 bridgehead atoms. The highest BCUT2D eigenvalue weighted by atomic mass is 35.5. The fraction of sp³-hybridized carbons (Fsp3) is 0.375. The second-order valence-electron chi connectivity index (χ2n) is 5.88. The normalized spacial score (nSPS) is 11.5. The van der Waals surface area contributed by atoms with Crippen molar-refractivity contribution in [3.63, 3.8) is 0 Å². The first-order valence-electron chi connectivity index (χ1n) is 6.78. The molecule has 0 aliphatic heterocycles. The van der Waals surface area contributed by atoms with E-state index in [0.717, 1.165) is 5.69 Å². The average molecular weight is 306 g/mol. The Morgan fingerprint density at radius 3 is 2.38 bits per heavy atom. The van der Waals surface area contributed by atoms with Gasteiger partial charge in [0.05, 0.1) is 0 Å². The Kier molecular flexibility index (Phi) is 4.80. The molecule has 0 amide bonds. The van der Waals surface area contributed by atoms with Gasteiger partial charge in [-0.2, -0.15) is 0 Å². The van der Waals surface area contributed by atoms with Gasteiger partial charge in [-0.1, -0.05) is 44.5 Å². The van der Waals surface area contributed by atoms with E-state index in [4.69, 9.17) is 16.3 Å². The Labute approximate surface area is 130 Å². The Balaban J connectivity index is 2.18. The van der Waals surface area contributed by atoms with Gasteiger partial charge in [-0.25, -0.2) is 9.97 Å². The first-order valence-corrected chi connectivity index (χ1v) is 7.16. The fourth-order valence-corrected chi connectivity index (χ4v) is 2.12. The van der Waals surface area contributed by atoms with Crippen LogP contribution in [0.15, 0.2) is 30.3 Å². The number of rotatable bonds is 4. The molecule has 1 heterocycles. The van der Waals surface area contributed by atoms with Gasteiger partial charge in [-0.05, 0) is 23.1 Å². The Hall–Kier alpha value is -1.65. The number of nitrogens with one attached hydrogen (secondary N) is 1. The van der Waals surface area contributed by atoms with Crippen molar-refractivity contribution in [3.8, 4) is 0 Å². The molecule has 2 aromatic rings. The zero-order valence-corrected chi connectivity index (χ0v) is 13.5. The van der Waals surface area contributed by atoms with Crippen LogP contribution >= 0.6 is 11.6 Å². The van der Waals surface area contributed by atoms with E-state index in [2.05, 4.69) is 48.2 Å². The Morgan fingerprint density at radius 2 is 1.81 bits per heavy atom. The lowest BCUT2D eigenvalue weighted by Crippen LogP contribution is -2.10. The second-order valence-corrected chi connectivity index (χ2v) is 6.26. The van der Waals surface area contributed by atoms with Gasteiger partial charge in [0.1, 0.15) is 17.6 Å². The minimum absolute atomic E-state index is 0.141. The molecule has 0 unspecified atom stereocenters. The largest absolute Gasteiger partial charge is 0.377 e. The maximum absolute atomic E-state index is 5.99. The van der Waals surface area contributed by atoms with Gasteiger partial charge in [0, 0.05) is 18.9 Å². The summed E-state index contributed by atoms with van der Waals surface area (Å²) >= 11 is 5.99. The van der Waals surface area contributed by atoms with Crippen molar-refractivity contribution in [2.24, 2.45) is 0 Å². The van der Waals surface area contributed by atoms with Gasteiger partial charge in [-0.3, -0.25) is 0 Å². The van der Waals surface area contributed by atoms with Crippen molar-refractivity contribution in [1.29, 1.82) is 0 Å². The highest BCUT2D eigenvalue weighted by molar-refractivity contribution is 6.29. The first kappa shape index (κ1) is 15.7. The molecule has 0 spiro atoms. The van der Waals surface area contributed by atoms with E-state index in [1.54, 1.807) is 13.2 Å². The van der Waals surface area contributed by atoms with Gasteiger partial charge in [0.15, 0.2) is 5.82 Å². The number of hydrogen-bond acceptors (Lipinski definition) is 4. The van der Waals surface area contributed by atoms with Crippen LogP contribution < -0.4 is 5.32 Å². The predicted octanol–water partition coefficient (Wildman–Crippen LogP) is 4.32. The van der Waals surface area contributed by atoms with E-state index in [1.165, 1.54) is 5.56 Å². The molecule has 112 valence electrons. The molecule has 0 radical (unpaired) electrons. The highest BCUT2D eigenvalue weighted by Crippen LogP contribution is 2.25. The summed E-state index contributed by atoms with van der Waals surface area (Å²) in [6.45, 7) is 6.90. The smallest absolute Gasteiger partial charge is 0.158 e. The van der Waals surface area contributed by atoms with Gasteiger partial charge < -0.3 is 10.1 Å². The molecule has 2 rings (SSSR count). The lowest BCUT2D eigenvalue weighted by molar-refractivity contribution is 0.178. The quantitative estimate of drug-likeness (QED) is 0.855. The highest BCUT2D eigenvalue weighted by Gasteiger charge is 2.13. The third-order valence-corrected chi connectivity index (χ3v) is 3.23. The lowest BCUT2D eigenvalue weighted by Gasteiger charge is -2.19. The van der Waals surface area contributed by atoms with E-state index in [9.17, 15) is 0 Å². The molecule has 0 saturated heterocycles. The summed E-state index contributed by atoms with van der Waals surface area (Å²) in [5, 5.41) is 3.63. The molecule has 0 saturated carbocycles. The first-order chi connectivity index (χ1) is 9.88. The SMILES string of the molecule is COCc1nc(Cl)cc(Nc2ccc(C(C)(C)C)cc2)n1. The minimum atomic E-state index is 0.141. The molecule has 5 heteroatoms. The van der Waals surface area contributed by atoms with Crippen LogP contribution in [0.2, 0.25) is 5.15 Å². The summed E-state index contributed by atoms with van der Waals surface area (Å²) in [6, 6.07) is 9.99. The zero-order chi connectivity index (χ0) is 15.5. The molecule has 0 fully saturated rings. The molecule has 0 aliphatic carbocycles. The minimum Gasteiger partial charge on any atom is -0.377 e. The van der Waals surface area contributed by atoms with Crippen LogP contribution in [0.25, 0.3) is 0 Å². The summed E-state index contributed by atoms with van der Waals surface area (Å²) in [5.74, 6) is 1.21. The predicted molar refractivity (Wildman–Crippen MR) is 86.2 cm³/mol. The van der Waals surface area contributed by atoms with Crippen LogP contribution in [-0.4, -0.2) is 17.1 Å². The molecule has 0 atom stereocenters. The van der Waals surface area contributed by atoms with E-state index in [-0.39, 0.29) is 5.41 Å². The molecule has 1 aromatic carbocycles. The van der Waals surface area contributed by atoms with E-state index >= 15 is 0 Å². The van der Waals surface area contributed by atoms with Crippen molar-refractivity contribution in [2.75, 3.05) is 12.4 Å². The second kappa shape index (κ2) is 6.41.